The van der Waals surface area contributed by atoms with Crippen molar-refractivity contribution in [2.45, 2.75) is 38.9 Å². The van der Waals surface area contributed by atoms with Crippen LogP contribution in [0, 0.1) is 6.92 Å². The van der Waals surface area contributed by atoms with E-state index in [1.54, 1.807) is 12.5 Å². The van der Waals surface area contributed by atoms with Gasteiger partial charge in [-0.25, -0.2) is 9.97 Å². The summed E-state index contributed by atoms with van der Waals surface area (Å²) in [5.41, 5.74) is 8.73. The van der Waals surface area contributed by atoms with Crippen LogP contribution in [0.1, 0.15) is 51.6 Å². The van der Waals surface area contributed by atoms with E-state index in [1.165, 1.54) is 28.7 Å². The molecule has 0 radical (unpaired) electrons. The van der Waals surface area contributed by atoms with E-state index >= 15 is 0 Å². The van der Waals surface area contributed by atoms with Gasteiger partial charge in [-0.2, -0.15) is 0 Å². The maximum atomic E-state index is 12.9. The van der Waals surface area contributed by atoms with Crippen molar-refractivity contribution in [1.29, 1.82) is 0 Å². The molecule has 1 atom stereocenters. The molecule has 7 nitrogen and oxygen atoms in total. The first-order chi connectivity index (χ1) is 15.2. The molecule has 1 aromatic carbocycles. The number of nitrogens with zero attached hydrogens (tertiary/aromatic N) is 3. The second-order valence-electron chi connectivity index (χ2n) is 8.57. The summed E-state index contributed by atoms with van der Waals surface area (Å²) in [6.07, 6.45) is 9.38. The predicted molar refractivity (Wildman–Crippen MR) is 118 cm³/mol. The van der Waals surface area contributed by atoms with Gasteiger partial charge in [-0.3, -0.25) is 4.79 Å². The van der Waals surface area contributed by atoms with Crippen molar-refractivity contribution in [3.8, 4) is 11.1 Å². The number of carbonyl (C=O) groups is 1. The van der Waals surface area contributed by atoms with Gasteiger partial charge in [0.2, 0.25) is 0 Å². The van der Waals surface area contributed by atoms with Gasteiger partial charge in [-0.05, 0) is 72.3 Å². The Bertz CT molecular complexity index is 1280. The molecule has 5 heterocycles. The molecule has 7 heteroatoms. The van der Waals surface area contributed by atoms with Crippen LogP contribution < -0.4 is 5.32 Å². The molecule has 2 aliphatic rings. The third kappa shape index (κ3) is 3.04. The van der Waals surface area contributed by atoms with Crippen LogP contribution in [0.15, 0.2) is 43.1 Å². The minimum absolute atomic E-state index is 0.00776. The predicted octanol–water partition coefficient (Wildman–Crippen LogP) is 3.84. The molecule has 0 saturated carbocycles. The summed E-state index contributed by atoms with van der Waals surface area (Å²) in [5.74, 6) is -0.00776. The number of nitrogens with one attached hydrogen (secondary N) is 3. The first-order valence-electron chi connectivity index (χ1n) is 10.8. The molecule has 1 saturated heterocycles. The SMILES string of the molecule is Cc1c[nH]c2ncc(-c3cc4c(c([C@@H]5CCCN5)c3)CN(C(=O)c3cnc[nH]3)C4)cc12. The van der Waals surface area contributed by atoms with Crippen LogP contribution in [0.5, 0.6) is 0 Å². The van der Waals surface area contributed by atoms with Crippen LogP contribution in [-0.2, 0) is 13.1 Å². The van der Waals surface area contributed by atoms with Crippen molar-refractivity contribution in [1.82, 2.24) is 30.2 Å². The van der Waals surface area contributed by atoms with Crippen LogP contribution >= 0.6 is 0 Å². The van der Waals surface area contributed by atoms with Crippen LogP contribution in [0.4, 0.5) is 0 Å². The Balaban J connectivity index is 1.43. The second kappa shape index (κ2) is 7.06. The summed E-state index contributed by atoms with van der Waals surface area (Å²) < 4.78 is 0. The lowest BCUT2D eigenvalue weighted by Gasteiger charge is -2.18. The highest BCUT2D eigenvalue weighted by molar-refractivity contribution is 5.92. The van der Waals surface area contributed by atoms with Crippen LogP contribution in [0.2, 0.25) is 0 Å². The monoisotopic (exact) mass is 412 g/mol. The molecule has 3 aromatic heterocycles. The third-order valence-corrected chi connectivity index (χ3v) is 6.61. The minimum Gasteiger partial charge on any atom is -0.346 e. The number of fused-ring (bicyclic) bond motifs is 2. The molecule has 3 N–H and O–H groups in total. The lowest BCUT2D eigenvalue weighted by molar-refractivity contribution is 0.0746. The molecule has 0 spiro atoms. The Labute approximate surface area is 179 Å². The second-order valence-corrected chi connectivity index (χ2v) is 8.57. The Kier molecular flexibility index (Phi) is 4.17. The normalized spacial score (nSPS) is 18.1. The Morgan fingerprint density at radius 2 is 2.06 bits per heavy atom. The van der Waals surface area contributed by atoms with Crippen molar-refractivity contribution in [2.24, 2.45) is 0 Å². The highest BCUT2D eigenvalue weighted by Gasteiger charge is 2.30. The van der Waals surface area contributed by atoms with Crippen molar-refractivity contribution in [3.63, 3.8) is 0 Å². The average Bonchev–Trinajstić information content (AvgIpc) is 3.59. The van der Waals surface area contributed by atoms with E-state index in [2.05, 4.69) is 50.4 Å². The van der Waals surface area contributed by atoms with Crippen molar-refractivity contribution < 1.29 is 4.79 Å². The zero-order valence-electron chi connectivity index (χ0n) is 17.4. The lowest BCUT2D eigenvalue weighted by atomic mass is 9.91. The molecule has 1 amide bonds. The van der Waals surface area contributed by atoms with E-state index in [1.807, 2.05) is 17.3 Å². The first-order valence-corrected chi connectivity index (χ1v) is 10.8. The van der Waals surface area contributed by atoms with Gasteiger partial charge in [0, 0.05) is 42.5 Å². The molecule has 156 valence electrons. The van der Waals surface area contributed by atoms with Crippen LogP contribution in [0.3, 0.4) is 0 Å². The largest absolute Gasteiger partial charge is 0.346 e. The quantitative estimate of drug-likeness (QED) is 0.477. The maximum absolute atomic E-state index is 12.9. The summed E-state index contributed by atoms with van der Waals surface area (Å²) in [6.45, 7) is 4.38. The number of amides is 1. The average molecular weight is 412 g/mol. The van der Waals surface area contributed by atoms with E-state index in [9.17, 15) is 4.79 Å². The van der Waals surface area contributed by atoms with E-state index in [0.29, 0.717) is 24.8 Å². The van der Waals surface area contributed by atoms with E-state index in [4.69, 9.17) is 0 Å². The number of aromatic nitrogens is 4. The number of pyridine rings is 1. The summed E-state index contributed by atoms with van der Waals surface area (Å²) in [6, 6.07) is 7.08. The fourth-order valence-corrected chi connectivity index (χ4v) is 4.95. The molecule has 0 aliphatic carbocycles. The van der Waals surface area contributed by atoms with E-state index in [-0.39, 0.29) is 5.91 Å². The van der Waals surface area contributed by atoms with Gasteiger partial charge in [0.05, 0.1) is 12.5 Å². The third-order valence-electron chi connectivity index (χ3n) is 6.61. The summed E-state index contributed by atoms with van der Waals surface area (Å²) in [7, 11) is 0. The molecule has 4 aromatic rings. The summed E-state index contributed by atoms with van der Waals surface area (Å²) >= 11 is 0. The highest BCUT2D eigenvalue weighted by atomic mass is 16.2. The molecular formula is C24H24N6O. The number of benzene rings is 1. The number of aromatic amines is 2. The number of rotatable bonds is 3. The first kappa shape index (κ1) is 18.3. The molecule has 31 heavy (non-hydrogen) atoms. The molecule has 0 bridgehead atoms. The van der Waals surface area contributed by atoms with Crippen molar-refractivity contribution in [3.05, 3.63) is 71.1 Å². The molecule has 2 aliphatic heterocycles. The fraction of sp³-hybridized carbons (Fsp3) is 0.292. The molecule has 1 fully saturated rings. The highest BCUT2D eigenvalue weighted by Crippen LogP contribution is 2.38. The zero-order chi connectivity index (χ0) is 20.9. The number of imidazole rings is 1. The number of hydrogen-bond acceptors (Lipinski definition) is 4. The Hall–Kier alpha value is -3.45. The van der Waals surface area contributed by atoms with Gasteiger partial charge in [-0.1, -0.05) is 0 Å². The van der Waals surface area contributed by atoms with Gasteiger partial charge < -0.3 is 20.2 Å². The van der Waals surface area contributed by atoms with Crippen LogP contribution in [0.25, 0.3) is 22.2 Å². The summed E-state index contributed by atoms with van der Waals surface area (Å²) in [5, 5.41) is 4.80. The Morgan fingerprint density at radius 1 is 1.13 bits per heavy atom. The number of H-pyrrole nitrogens is 2. The minimum atomic E-state index is -0.00776. The van der Waals surface area contributed by atoms with Gasteiger partial charge in [0.15, 0.2) is 0 Å². The topological polar surface area (TPSA) is 89.7 Å². The van der Waals surface area contributed by atoms with Crippen LogP contribution in [-0.4, -0.2) is 37.3 Å². The number of carbonyl (C=O) groups excluding carboxylic acids is 1. The van der Waals surface area contributed by atoms with Crippen molar-refractivity contribution >= 4 is 16.9 Å². The number of hydrogen-bond donors (Lipinski definition) is 3. The molecule has 6 rings (SSSR count). The van der Waals surface area contributed by atoms with Crippen molar-refractivity contribution in [2.75, 3.05) is 6.54 Å². The molecule has 0 unspecified atom stereocenters. The smallest absolute Gasteiger partial charge is 0.272 e. The number of aryl methyl sites for hydroxylation is 1. The maximum Gasteiger partial charge on any atom is 0.272 e. The summed E-state index contributed by atoms with van der Waals surface area (Å²) in [4.78, 5) is 29.6. The fourth-order valence-electron chi connectivity index (χ4n) is 4.95. The van der Waals surface area contributed by atoms with Gasteiger partial charge in [-0.15, -0.1) is 0 Å². The standard InChI is InChI=1S/C24H24N6O/c1-14-8-27-23-18(14)7-16(9-28-23)15-5-17-11-30(24(31)22-10-25-13-29-22)12-20(17)19(6-15)21-3-2-4-26-21/h5-10,13,21,26H,2-4,11-12H2,1H3,(H,25,29)(H,27,28)/t21-/m0/s1. The van der Waals surface area contributed by atoms with E-state index < -0.39 is 0 Å². The van der Waals surface area contributed by atoms with Gasteiger partial charge >= 0.3 is 0 Å². The van der Waals surface area contributed by atoms with Gasteiger partial charge in [0.25, 0.3) is 5.91 Å². The zero-order valence-corrected chi connectivity index (χ0v) is 17.4. The van der Waals surface area contributed by atoms with Gasteiger partial charge in [0.1, 0.15) is 11.3 Å². The lowest BCUT2D eigenvalue weighted by Crippen LogP contribution is -2.25. The molecular weight excluding hydrogens is 388 g/mol. The van der Waals surface area contributed by atoms with E-state index in [0.717, 1.165) is 35.1 Å². The Morgan fingerprint density at radius 3 is 2.87 bits per heavy atom.